The summed E-state index contributed by atoms with van der Waals surface area (Å²) in [7, 11) is 0. The number of hydrogen-bond donors (Lipinski definition) is 1. The highest BCUT2D eigenvalue weighted by molar-refractivity contribution is 6.30. The summed E-state index contributed by atoms with van der Waals surface area (Å²) in [6.07, 6.45) is 1.77. The van der Waals surface area contributed by atoms with E-state index in [1.54, 1.807) is 41.1 Å². The van der Waals surface area contributed by atoms with Gasteiger partial charge in [0.2, 0.25) is 5.91 Å². The molecule has 1 N–H and O–H groups in total. The number of fused-ring (bicyclic) bond motifs is 1. The maximum atomic E-state index is 13.3. The first-order valence-electron chi connectivity index (χ1n) is 6.42. The van der Waals surface area contributed by atoms with Gasteiger partial charge in [0, 0.05) is 16.9 Å². The number of carbonyl (C=O) groups excluding carboxylic acids is 1. The van der Waals surface area contributed by atoms with Crippen LogP contribution in [0.3, 0.4) is 0 Å². The average Bonchev–Trinajstić information content (AvgIpc) is 2.84. The zero-order valence-electron chi connectivity index (χ0n) is 11.0. The Bertz CT molecular complexity index is 796. The molecule has 1 amide bonds. The molecule has 21 heavy (non-hydrogen) atoms. The molecule has 0 bridgehead atoms. The summed E-state index contributed by atoms with van der Waals surface area (Å²) in [5.74, 6) is -0.500. The van der Waals surface area contributed by atoms with Gasteiger partial charge in [-0.1, -0.05) is 11.6 Å². The van der Waals surface area contributed by atoms with E-state index in [4.69, 9.17) is 11.6 Å². The van der Waals surface area contributed by atoms with Crippen LogP contribution in [0, 0.1) is 5.82 Å². The fourth-order valence-electron chi connectivity index (χ4n) is 2.18. The molecule has 0 aliphatic carbocycles. The molecule has 0 fully saturated rings. The molecule has 1 heterocycles. The van der Waals surface area contributed by atoms with Gasteiger partial charge in [-0.15, -0.1) is 0 Å². The fourth-order valence-corrected chi connectivity index (χ4v) is 2.31. The zero-order chi connectivity index (χ0) is 14.8. The number of amides is 1. The number of hydrogen-bond acceptors (Lipinski definition) is 1. The summed E-state index contributed by atoms with van der Waals surface area (Å²) in [6.45, 7) is 0.121. The minimum Gasteiger partial charge on any atom is -0.338 e. The lowest BCUT2D eigenvalue weighted by Crippen LogP contribution is -2.18. The predicted octanol–water partition coefficient (Wildman–Crippen LogP) is 4.07. The lowest BCUT2D eigenvalue weighted by atomic mass is 10.2. The molecule has 0 atom stereocenters. The van der Waals surface area contributed by atoms with E-state index in [0.29, 0.717) is 16.2 Å². The highest BCUT2D eigenvalue weighted by Gasteiger charge is 2.07. The number of halogens is 2. The van der Waals surface area contributed by atoms with Crippen LogP contribution in [0.4, 0.5) is 10.1 Å². The van der Waals surface area contributed by atoms with Crippen molar-refractivity contribution in [3.63, 3.8) is 0 Å². The Morgan fingerprint density at radius 2 is 1.90 bits per heavy atom. The fraction of sp³-hybridized carbons (Fsp3) is 0.0625. The van der Waals surface area contributed by atoms with Crippen molar-refractivity contribution in [2.24, 2.45) is 0 Å². The van der Waals surface area contributed by atoms with Gasteiger partial charge in [0.1, 0.15) is 12.4 Å². The van der Waals surface area contributed by atoms with Gasteiger partial charge in [0.05, 0.1) is 5.52 Å². The molecule has 0 spiro atoms. The molecule has 3 rings (SSSR count). The van der Waals surface area contributed by atoms with E-state index >= 15 is 0 Å². The second kappa shape index (κ2) is 5.58. The molecule has 0 aliphatic rings. The average molecular weight is 303 g/mol. The third-order valence-corrected chi connectivity index (χ3v) is 3.43. The van der Waals surface area contributed by atoms with E-state index in [2.05, 4.69) is 5.32 Å². The minimum atomic E-state index is -0.319. The maximum absolute atomic E-state index is 13.3. The topological polar surface area (TPSA) is 34.0 Å². The Kier molecular flexibility index (Phi) is 3.62. The summed E-state index contributed by atoms with van der Waals surface area (Å²) in [5.41, 5.74) is 1.37. The molecule has 5 heteroatoms. The van der Waals surface area contributed by atoms with E-state index in [9.17, 15) is 9.18 Å². The van der Waals surface area contributed by atoms with Crippen LogP contribution in [0.15, 0.2) is 54.7 Å². The lowest BCUT2D eigenvalue weighted by molar-refractivity contribution is -0.116. The van der Waals surface area contributed by atoms with Gasteiger partial charge >= 0.3 is 0 Å². The van der Waals surface area contributed by atoms with E-state index in [1.165, 1.54) is 12.1 Å². The molecule has 2 aromatic carbocycles. The zero-order valence-corrected chi connectivity index (χ0v) is 11.8. The van der Waals surface area contributed by atoms with E-state index in [0.717, 1.165) is 5.39 Å². The Morgan fingerprint density at radius 3 is 2.67 bits per heavy atom. The van der Waals surface area contributed by atoms with Crippen molar-refractivity contribution in [1.29, 1.82) is 0 Å². The summed E-state index contributed by atoms with van der Waals surface area (Å²) < 4.78 is 15.0. The van der Waals surface area contributed by atoms with Crippen molar-refractivity contribution < 1.29 is 9.18 Å². The van der Waals surface area contributed by atoms with E-state index in [-0.39, 0.29) is 18.3 Å². The van der Waals surface area contributed by atoms with Gasteiger partial charge in [-0.25, -0.2) is 4.39 Å². The summed E-state index contributed by atoms with van der Waals surface area (Å²) >= 11 is 5.79. The molecule has 0 saturated carbocycles. The SMILES string of the molecule is O=C(Cn1ccc2ccc(F)cc21)Nc1ccc(Cl)cc1. The van der Waals surface area contributed by atoms with Gasteiger partial charge in [-0.2, -0.15) is 0 Å². The summed E-state index contributed by atoms with van der Waals surface area (Å²) in [6, 6.07) is 13.2. The highest BCUT2D eigenvalue weighted by Crippen LogP contribution is 2.18. The third-order valence-electron chi connectivity index (χ3n) is 3.18. The number of aromatic nitrogens is 1. The van der Waals surface area contributed by atoms with Gasteiger partial charge in [0.15, 0.2) is 0 Å². The normalized spacial score (nSPS) is 10.8. The summed E-state index contributed by atoms with van der Waals surface area (Å²) in [4.78, 5) is 12.0. The van der Waals surface area contributed by atoms with Crippen molar-refractivity contribution in [2.75, 3.05) is 5.32 Å². The molecular formula is C16H12ClFN2O. The molecule has 3 aromatic rings. The molecular weight excluding hydrogens is 291 g/mol. The minimum absolute atomic E-state index is 0.121. The van der Waals surface area contributed by atoms with Crippen LogP contribution < -0.4 is 5.32 Å². The maximum Gasteiger partial charge on any atom is 0.244 e. The van der Waals surface area contributed by atoms with Crippen LogP contribution >= 0.6 is 11.6 Å². The highest BCUT2D eigenvalue weighted by atomic mass is 35.5. The molecule has 106 valence electrons. The molecule has 0 saturated heterocycles. The van der Waals surface area contributed by atoms with Crippen LogP contribution in [0.25, 0.3) is 10.9 Å². The number of nitrogens with zero attached hydrogens (tertiary/aromatic N) is 1. The van der Waals surface area contributed by atoms with Crippen molar-refractivity contribution in [3.05, 3.63) is 65.6 Å². The number of anilines is 1. The number of nitrogens with one attached hydrogen (secondary N) is 1. The predicted molar refractivity (Wildman–Crippen MR) is 82.0 cm³/mol. The van der Waals surface area contributed by atoms with Gasteiger partial charge in [0.25, 0.3) is 0 Å². The number of benzene rings is 2. The van der Waals surface area contributed by atoms with Crippen LogP contribution in [-0.2, 0) is 11.3 Å². The second-order valence-corrected chi connectivity index (χ2v) is 5.14. The second-order valence-electron chi connectivity index (χ2n) is 4.70. The van der Waals surface area contributed by atoms with Crippen molar-refractivity contribution in [2.45, 2.75) is 6.54 Å². The quantitative estimate of drug-likeness (QED) is 0.777. The first-order valence-corrected chi connectivity index (χ1v) is 6.79. The Morgan fingerprint density at radius 1 is 1.14 bits per heavy atom. The van der Waals surface area contributed by atoms with Crippen molar-refractivity contribution in [1.82, 2.24) is 4.57 Å². The first kappa shape index (κ1) is 13.6. The third kappa shape index (κ3) is 3.06. The lowest BCUT2D eigenvalue weighted by Gasteiger charge is -2.07. The Balaban J connectivity index is 1.77. The Hall–Kier alpha value is -2.33. The molecule has 0 aliphatic heterocycles. The first-order chi connectivity index (χ1) is 10.1. The van der Waals surface area contributed by atoms with Gasteiger partial charge in [-0.05, 0) is 53.9 Å². The van der Waals surface area contributed by atoms with E-state index < -0.39 is 0 Å². The molecule has 1 aromatic heterocycles. The van der Waals surface area contributed by atoms with Crippen LogP contribution in [0.1, 0.15) is 0 Å². The van der Waals surface area contributed by atoms with Crippen molar-refractivity contribution >= 4 is 34.1 Å². The van der Waals surface area contributed by atoms with Crippen LogP contribution in [-0.4, -0.2) is 10.5 Å². The monoisotopic (exact) mass is 302 g/mol. The standard InChI is InChI=1S/C16H12ClFN2O/c17-12-2-5-14(6-3-12)19-16(21)10-20-8-7-11-1-4-13(18)9-15(11)20/h1-9H,10H2,(H,19,21). The van der Waals surface area contributed by atoms with Crippen LogP contribution in [0.5, 0.6) is 0 Å². The smallest absolute Gasteiger partial charge is 0.244 e. The van der Waals surface area contributed by atoms with E-state index in [1.807, 2.05) is 6.07 Å². The van der Waals surface area contributed by atoms with Crippen LogP contribution in [0.2, 0.25) is 5.02 Å². The molecule has 0 radical (unpaired) electrons. The molecule has 0 unspecified atom stereocenters. The van der Waals surface area contributed by atoms with Gasteiger partial charge < -0.3 is 9.88 Å². The summed E-state index contributed by atoms with van der Waals surface area (Å²) in [5, 5.41) is 4.28. The number of carbonyl (C=O) groups is 1. The van der Waals surface area contributed by atoms with Gasteiger partial charge in [-0.3, -0.25) is 4.79 Å². The Labute approximate surface area is 125 Å². The number of rotatable bonds is 3. The largest absolute Gasteiger partial charge is 0.338 e. The molecule has 3 nitrogen and oxygen atoms in total. The van der Waals surface area contributed by atoms with Crippen molar-refractivity contribution in [3.8, 4) is 0 Å².